The predicted molar refractivity (Wildman–Crippen MR) is 50.5 cm³/mol. The van der Waals surface area contributed by atoms with Crippen LogP contribution in [0.2, 0.25) is 0 Å². The summed E-state index contributed by atoms with van der Waals surface area (Å²) >= 11 is 0. The second kappa shape index (κ2) is 7.63. The second-order valence-corrected chi connectivity index (χ2v) is 2.69. The second-order valence-electron chi connectivity index (χ2n) is 2.69. The van der Waals surface area contributed by atoms with E-state index in [1.165, 1.54) is 19.4 Å². The van der Waals surface area contributed by atoms with Crippen LogP contribution in [-0.4, -0.2) is 24.5 Å². The minimum atomic E-state index is 0.932. The van der Waals surface area contributed by atoms with Gasteiger partial charge in [-0.15, -0.1) is 12.3 Å². The van der Waals surface area contributed by atoms with Gasteiger partial charge in [-0.2, -0.15) is 0 Å². The van der Waals surface area contributed by atoms with Crippen LogP contribution in [-0.2, 0) is 0 Å². The summed E-state index contributed by atoms with van der Waals surface area (Å²) in [5.41, 5.74) is 0. The van der Waals surface area contributed by atoms with Gasteiger partial charge in [-0.3, -0.25) is 0 Å². The van der Waals surface area contributed by atoms with Gasteiger partial charge in [0, 0.05) is 6.42 Å². The van der Waals surface area contributed by atoms with Crippen LogP contribution in [0.3, 0.4) is 0 Å². The molecule has 0 bridgehead atoms. The summed E-state index contributed by atoms with van der Waals surface area (Å²) < 4.78 is 0. The molecule has 11 heavy (non-hydrogen) atoms. The quantitative estimate of drug-likeness (QED) is 0.417. The minimum absolute atomic E-state index is 0.932. The lowest BCUT2D eigenvalue weighted by molar-refractivity contribution is 0.297. The van der Waals surface area contributed by atoms with Crippen molar-refractivity contribution in [3.63, 3.8) is 0 Å². The lowest BCUT2D eigenvalue weighted by Gasteiger charge is -2.16. The third-order valence-electron chi connectivity index (χ3n) is 1.94. The SMILES string of the molecule is C#CCCCCN(CC)CC. The first-order valence-corrected chi connectivity index (χ1v) is 4.51. The Hall–Kier alpha value is -0.480. The molecule has 0 unspecified atom stereocenters. The molecule has 0 spiro atoms. The zero-order valence-electron chi connectivity index (χ0n) is 7.77. The van der Waals surface area contributed by atoms with E-state index in [-0.39, 0.29) is 0 Å². The molecule has 0 aliphatic heterocycles. The number of terminal acetylenes is 1. The van der Waals surface area contributed by atoms with E-state index in [1.54, 1.807) is 0 Å². The lowest BCUT2D eigenvalue weighted by Crippen LogP contribution is -2.23. The molecule has 0 aliphatic carbocycles. The average Bonchev–Trinajstić information content (AvgIpc) is 2.05. The van der Waals surface area contributed by atoms with Gasteiger partial charge in [0.15, 0.2) is 0 Å². The first-order chi connectivity index (χ1) is 5.35. The van der Waals surface area contributed by atoms with Crippen molar-refractivity contribution in [1.82, 2.24) is 4.90 Å². The van der Waals surface area contributed by atoms with Gasteiger partial charge in [0.05, 0.1) is 0 Å². The van der Waals surface area contributed by atoms with Crippen LogP contribution in [0.15, 0.2) is 0 Å². The van der Waals surface area contributed by atoms with Crippen molar-refractivity contribution in [1.29, 1.82) is 0 Å². The third-order valence-corrected chi connectivity index (χ3v) is 1.94. The Bertz CT molecular complexity index is 109. The van der Waals surface area contributed by atoms with Crippen molar-refractivity contribution in [2.75, 3.05) is 19.6 Å². The standard InChI is InChI=1S/C10H19N/c1-4-7-8-9-10-11(5-2)6-3/h1H,5-10H2,2-3H3. The highest BCUT2D eigenvalue weighted by atomic mass is 15.1. The summed E-state index contributed by atoms with van der Waals surface area (Å²) in [7, 11) is 0. The molecule has 1 nitrogen and oxygen atoms in total. The molecule has 0 aliphatic rings. The van der Waals surface area contributed by atoms with Gasteiger partial charge in [-0.05, 0) is 32.5 Å². The van der Waals surface area contributed by atoms with Crippen LogP contribution in [0.25, 0.3) is 0 Å². The number of nitrogens with zero attached hydrogens (tertiary/aromatic N) is 1. The van der Waals surface area contributed by atoms with E-state index in [4.69, 9.17) is 6.42 Å². The summed E-state index contributed by atoms with van der Waals surface area (Å²) in [5.74, 6) is 2.66. The Morgan fingerprint density at radius 3 is 2.27 bits per heavy atom. The Balaban J connectivity index is 3.16. The molecule has 64 valence electrons. The van der Waals surface area contributed by atoms with Gasteiger partial charge in [-0.25, -0.2) is 0 Å². The van der Waals surface area contributed by atoms with Crippen molar-refractivity contribution in [2.45, 2.75) is 33.1 Å². The fourth-order valence-electron chi connectivity index (χ4n) is 1.10. The molecule has 0 aromatic heterocycles. The highest BCUT2D eigenvalue weighted by molar-refractivity contribution is 4.82. The predicted octanol–water partition coefficient (Wildman–Crippen LogP) is 2.13. The zero-order chi connectivity index (χ0) is 8.53. The van der Waals surface area contributed by atoms with Crippen LogP contribution in [0.5, 0.6) is 0 Å². The summed E-state index contributed by atoms with van der Waals surface area (Å²) in [6, 6.07) is 0. The molecule has 0 amide bonds. The van der Waals surface area contributed by atoms with E-state index < -0.39 is 0 Å². The molecular weight excluding hydrogens is 134 g/mol. The molecule has 0 saturated heterocycles. The van der Waals surface area contributed by atoms with Crippen molar-refractivity contribution in [3.05, 3.63) is 0 Å². The molecule has 0 fully saturated rings. The number of hydrogen-bond acceptors (Lipinski definition) is 1. The van der Waals surface area contributed by atoms with Crippen molar-refractivity contribution < 1.29 is 0 Å². The summed E-state index contributed by atoms with van der Waals surface area (Å²) in [5, 5.41) is 0. The zero-order valence-corrected chi connectivity index (χ0v) is 7.77. The average molecular weight is 153 g/mol. The van der Waals surface area contributed by atoms with E-state index in [1.807, 2.05) is 0 Å². The van der Waals surface area contributed by atoms with Crippen LogP contribution >= 0.6 is 0 Å². The Kier molecular flexibility index (Phi) is 7.29. The van der Waals surface area contributed by atoms with E-state index in [0.29, 0.717) is 0 Å². The maximum Gasteiger partial charge on any atom is 0.00865 e. The Labute approximate surface area is 70.8 Å². The number of unbranched alkanes of at least 4 members (excludes halogenated alkanes) is 2. The van der Waals surface area contributed by atoms with Crippen LogP contribution < -0.4 is 0 Å². The fourth-order valence-corrected chi connectivity index (χ4v) is 1.10. The Morgan fingerprint density at radius 1 is 1.18 bits per heavy atom. The number of hydrogen-bond donors (Lipinski definition) is 0. The Morgan fingerprint density at radius 2 is 1.82 bits per heavy atom. The van der Waals surface area contributed by atoms with E-state index in [0.717, 1.165) is 19.5 Å². The van der Waals surface area contributed by atoms with Gasteiger partial charge in [-0.1, -0.05) is 13.8 Å². The molecule has 0 radical (unpaired) electrons. The topological polar surface area (TPSA) is 3.24 Å². The first-order valence-electron chi connectivity index (χ1n) is 4.51. The maximum absolute atomic E-state index is 5.15. The van der Waals surface area contributed by atoms with E-state index in [2.05, 4.69) is 24.7 Å². The molecule has 0 aromatic rings. The van der Waals surface area contributed by atoms with Gasteiger partial charge in [0.1, 0.15) is 0 Å². The molecule has 0 atom stereocenters. The van der Waals surface area contributed by atoms with E-state index >= 15 is 0 Å². The van der Waals surface area contributed by atoms with Crippen molar-refractivity contribution >= 4 is 0 Å². The lowest BCUT2D eigenvalue weighted by atomic mass is 10.2. The van der Waals surface area contributed by atoms with Crippen LogP contribution in [0.4, 0.5) is 0 Å². The molecule has 0 heterocycles. The van der Waals surface area contributed by atoms with Gasteiger partial charge < -0.3 is 4.90 Å². The molecule has 0 N–H and O–H groups in total. The summed E-state index contributed by atoms with van der Waals surface area (Å²) in [6.07, 6.45) is 8.49. The normalized spacial score (nSPS) is 10.0. The van der Waals surface area contributed by atoms with Crippen molar-refractivity contribution in [3.8, 4) is 12.3 Å². The largest absolute Gasteiger partial charge is 0.304 e. The molecule has 0 aromatic carbocycles. The third kappa shape index (κ3) is 5.94. The molecule has 0 rings (SSSR count). The monoisotopic (exact) mass is 153 g/mol. The molecule has 1 heteroatoms. The van der Waals surface area contributed by atoms with Gasteiger partial charge in [0.25, 0.3) is 0 Å². The highest BCUT2D eigenvalue weighted by Crippen LogP contribution is 1.97. The fraction of sp³-hybridized carbons (Fsp3) is 0.800. The highest BCUT2D eigenvalue weighted by Gasteiger charge is 1.96. The minimum Gasteiger partial charge on any atom is -0.304 e. The van der Waals surface area contributed by atoms with Gasteiger partial charge >= 0.3 is 0 Å². The summed E-state index contributed by atoms with van der Waals surface area (Å²) in [6.45, 7) is 7.92. The van der Waals surface area contributed by atoms with Crippen LogP contribution in [0.1, 0.15) is 33.1 Å². The maximum atomic E-state index is 5.15. The molecular formula is C10H19N. The smallest absolute Gasteiger partial charge is 0.00865 e. The number of rotatable bonds is 6. The van der Waals surface area contributed by atoms with Crippen LogP contribution in [0, 0.1) is 12.3 Å². The van der Waals surface area contributed by atoms with E-state index in [9.17, 15) is 0 Å². The van der Waals surface area contributed by atoms with Crippen molar-refractivity contribution in [2.24, 2.45) is 0 Å². The summed E-state index contributed by atoms with van der Waals surface area (Å²) in [4.78, 5) is 2.43. The van der Waals surface area contributed by atoms with Gasteiger partial charge in [0.2, 0.25) is 0 Å². The molecule has 0 saturated carbocycles. The first kappa shape index (κ1) is 10.5.